The van der Waals surface area contributed by atoms with Crippen molar-refractivity contribution in [1.29, 1.82) is 0 Å². The fourth-order valence-electron chi connectivity index (χ4n) is 11.7. The van der Waals surface area contributed by atoms with Gasteiger partial charge in [0.15, 0.2) is 12.6 Å². The highest BCUT2D eigenvalue weighted by Gasteiger charge is 2.51. The number of aliphatic hydroxyl groups excluding tert-OH is 8. The van der Waals surface area contributed by atoms with Gasteiger partial charge in [-0.2, -0.15) is 0 Å². The van der Waals surface area contributed by atoms with Crippen molar-refractivity contribution in [2.75, 3.05) is 19.8 Å². The molecule has 12 atom stereocenters. The van der Waals surface area contributed by atoms with Crippen LogP contribution in [0.3, 0.4) is 0 Å². The SMILES string of the molecule is CCCCCCCCCCCCCCCCCCCCCCCCCCCCCC/C=C/C(O)C(COC1OC(CO)C(OC2OC(CO)C(O)C(O)C2O)C(O)C1O)NC(=O)CCCCCCCCCCCCCCCCCCC. The Bertz CT molecular complexity index is 1410. The zero-order chi connectivity index (χ0) is 58.8. The first-order chi connectivity index (χ1) is 39.6. The van der Waals surface area contributed by atoms with Crippen LogP contribution in [0, 0.1) is 0 Å². The van der Waals surface area contributed by atoms with Crippen molar-refractivity contribution in [3.8, 4) is 0 Å². The van der Waals surface area contributed by atoms with Crippen LogP contribution in [0.2, 0.25) is 0 Å². The van der Waals surface area contributed by atoms with Gasteiger partial charge in [0, 0.05) is 6.42 Å². The van der Waals surface area contributed by atoms with Crippen molar-refractivity contribution in [1.82, 2.24) is 5.32 Å². The summed E-state index contributed by atoms with van der Waals surface area (Å²) in [6.45, 7) is 2.85. The largest absolute Gasteiger partial charge is 0.394 e. The molecule has 1 amide bonds. The quantitative estimate of drug-likeness (QED) is 0.0204. The fraction of sp³-hybridized carbons (Fsp3) is 0.955. The average Bonchev–Trinajstić information content (AvgIpc) is 3.63. The maximum Gasteiger partial charge on any atom is 0.220 e. The molecular weight excluding hydrogens is 1030 g/mol. The van der Waals surface area contributed by atoms with Gasteiger partial charge in [0.2, 0.25) is 5.91 Å². The standard InChI is InChI=1S/C67H129NO13/c1-3-5-7-9-11-13-15-17-19-21-22-23-24-25-26-27-28-29-30-31-32-33-35-36-38-40-42-44-46-48-50-56(71)55(68-59(72)51-49-47-45-43-41-39-37-34-20-18-16-14-12-10-8-6-4-2)54-78-66-64(77)62(75)65(58(53-70)80-66)81-67-63(76)61(74)60(73)57(52-69)79-67/h48,50,55-58,60-67,69-71,73-77H,3-47,49,51-54H2,1-2H3,(H,68,72)/b50-48+. The number of allylic oxidation sites excluding steroid dienone is 1. The van der Waals surface area contributed by atoms with Crippen molar-refractivity contribution >= 4 is 5.91 Å². The molecule has 0 spiro atoms. The Morgan fingerprint density at radius 3 is 1.14 bits per heavy atom. The molecule has 0 aromatic heterocycles. The maximum absolute atomic E-state index is 13.3. The van der Waals surface area contributed by atoms with Crippen LogP contribution in [-0.4, -0.2) is 140 Å². The summed E-state index contributed by atoms with van der Waals surface area (Å²) >= 11 is 0. The van der Waals surface area contributed by atoms with E-state index in [-0.39, 0.29) is 18.9 Å². The number of carbonyl (C=O) groups is 1. The summed E-state index contributed by atoms with van der Waals surface area (Å²) < 4.78 is 22.8. The number of aliphatic hydroxyl groups is 8. The van der Waals surface area contributed by atoms with Gasteiger partial charge in [-0.3, -0.25) is 4.79 Å². The predicted molar refractivity (Wildman–Crippen MR) is 328 cm³/mol. The summed E-state index contributed by atoms with van der Waals surface area (Å²) in [4.78, 5) is 13.3. The molecule has 0 bridgehead atoms. The van der Waals surface area contributed by atoms with E-state index in [9.17, 15) is 45.6 Å². The van der Waals surface area contributed by atoms with Crippen LogP contribution in [0.15, 0.2) is 12.2 Å². The third-order valence-corrected chi connectivity index (χ3v) is 17.2. The Labute approximate surface area is 495 Å². The van der Waals surface area contributed by atoms with Crippen molar-refractivity contribution in [2.24, 2.45) is 0 Å². The van der Waals surface area contributed by atoms with Gasteiger partial charge in [0.05, 0.1) is 32.0 Å². The topological polar surface area (TPSA) is 228 Å². The lowest BCUT2D eigenvalue weighted by Crippen LogP contribution is -2.65. The number of amides is 1. The molecule has 480 valence electrons. The molecule has 2 saturated heterocycles. The lowest BCUT2D eigenvalue weighted by Gasteiger charge is -2.46. The summed E-state index contributed by atoms with van der Waals surface area (Å²) in [5.74, 6) is -0.232. The van der Waals surface area contributed by atoms with Gasteiger partial charge < -0.3 is 65.1 Å². The number of nitrogens with one attached hydrogen (secondary N) is 1. The molecule has 0 aromatic rings. The van der Waals surface area contributed by atoms with Crippen LogP contribution in [0.4, 0.5) is 0 Å². The Hall–Kier alpha value is -1.27. The molecular formula is C67H129NO13. The van der Waals surface area contributed by atoms with Crippen molar-refractivity contribution in [2.45, 2.75) is 389 Å². The van der Waals surface area contributed by atoms with E-state index >= 15 is 0 Å². The summed E-state index contributed by atoms with van der Waals surface area (Å²) in [7, 11) is 0. The number of hydrogen-bond acceptors (Lipinski definition) is 13. The molecule has 2 rings (SSSR count). The van der Waals surface area contributed by atoms with Gasteiger partial charge in [0.25, 0.3) is 0 Å². The van der Waals surface area contributed by atoms with Gasteiger partial charge in [-0.15, -0.1) is 0 Å². The monoisotopic (exact) mass is 1160 g/mol. The zero-order valence-corrected chi connectivity index (χ0v) is 52.1. The number of rotatable bonds is 57. The van der Waals surface area contributed by atoms with E-state index in [1.165, 1.54) is 250 Å². The van der Waals surface area contributed by atoms with Crippen LogP contribution in [0.25, 0.3) is 0 Å². The second-order valence-electron chi connectivity index (χ2n) is 24.7. The first-order valence-electron chi connectivity index (χ1n) is 34.4. The third-order valence-electron chi connectivity index (χ3n) is 17.2. The van der Waals surface area contributed by atoms with E-state index in [0.717, 1.165) is 38.5 Å². The molecule has 2 fully saturated rings. The van der Waals surface area contributed by atoms with Crippen LogP contribution in [0.1, 0.15) is 316 Å². The first kappa shape index (κ1) is 75.8. The predicted octanol–water partition coefficient (Wildman–Crippen LogP) is 13.4. The van der Waals surface area contributed by atoms with E-state index in [0.29, 0.717) is 6.42 Å². The molecule has 14 heteroatoms. The summed E-state index contributed by atoms with van der Waals surface area (Å²) in [6, 6.07) is -0.910. The van der Waals surface area contributed by atoms with Crippen molar-refractivity contribution in [3.05, 3.63) is 12.2 Å². The van der Waals surface area contributed by atoms with Crippen LogP contribution < -0.4 is 5.32 Å². The van der Waals surface area contributed by atoms with Crippen molar-refractivity contribution in [3.63, 3.8) is 0 Å². The van der Waals surface area contributed by atoms with E-state index in [4.69, 9.17) is 18.9 Å². The first-order valence-corrected chi connectivity index (χ1v) is 34.4. The number of hydrogen-bond donors (Lipinski definition) is 9. The Balaban J connectivity index is 1.67. The van der Waals surface area contributed by atoms with Gasteiger partial charge in [-0.05, 0) is 19.3 Å². The summed E-state index contributed by atoms with van der Waals surface area (Å²) in [6.07, 6.45) is 47.0. The molecule has 2 heterocycles. The lowest BCUT2D eigenvalue weighted by molar-refractivity contribution is -0.359. The molecule has 2 aliphatic heterocycles. The maximum atomic E-state index is 13.3. The van der Waals surface area contributed by atoms with Gasteiger partial charge >= 0.3 is 0 Å². The Kier molecular flexibility index (Phi) is 49.6. The summed E-state index contributed by atoms with van der Waals surface area (Å²) in [5, 5.41) is 87.3. The minimum Gasteiger partial charge on any atom is -0.394 e. The molecule has 0 saturated carbocycles. The minimum absolute atomic E-state index is 0.232. The molecule has 81 heavy (non-hydrogen) atoms. The highest BCUT2D eigenvalue weighted by Crippen LogP contribution is 2.30. The van der Waals surface area contributed by atoms with E-state index in [1.807, 2.05) is 6.08 Å². The Morgan fingerprint density at radius 2 is 0.765 bits per heavy atom. The molecule has 12 unspecified atom stereocenters. The fourth-order valence-corrected chi connectivity index (χ4v) is 11.7. The van der Waals surface area contributed by atoms with E-state index < -0.39 is 86.8 Å². The molecule has 0 radical (unpaired) electrons. The van der Waals surface area contributed by atoms with E-state index in [2.05, 4.69) is 19.2 Å². The normalized spacial score (nSPS) is 24.1. The highest BCUT2D eigenvalue weighted by atomic mass is 16.7. The lowest BCUT2D eigenvalue weighted by atomic mass is 9.97. The number of carbonyl (C=O) groups excluding carboxylic acids is 1. The van der Waals surface area contributed by atoms with Crippen LogP contribution in [-0.2, 0) is 23.7 Å². The van der Waals surface area contributed by atoms with E-state index in [1.54, 1.807) is 6.08 Å². The van der Waals surface area contributed by atoms with Crippen molar-refractivity contribution < 1.29 is 64.6 Å². The molecule has 0 aromatic carbocycles. The second kappa shape index (κ2) is 53.0. The smallest absolute Gasteiger partial charge is 0.220 e. The molecule has 0 aliphatic carbocycles. The van der Waals surface area contributed by atoms with Gasteiger partial charge in [0.1, 0.15) is 48.8 Å². The molecule has 14 nitrogen and oxygen atoms in total. The van der Waals surface area contributed by atoms with Crippen LogP contribution >= 0.6 is 0 Å². The number of ether oxygens (including phenoxy) is 4. The summed E-state index contributed by atoms with van der Waals surface area (Å²) in [5.41, 5.74) is 0. The zero-order valence-electron chi connectivity index (χ0n) is 52.1. The van der Waals surface area contributed by atoms with Gasteiger partial charge in [-0.1, -0.05) is 302 Å². The highest BCUT2D eigenvalue weighted by molar-refractivity contribution is 5.76. The third kappa shape index (κ3) is 37.8. The molecule has 9 N–H and O–H groups in total. The Morgan fingerprint density at radius 1 is 0.432 bits per heavy atom. The molecule has 2 aliphatic rings. The van der Waals surface area contributed by atoms with Gasteiger partial charge in [-0.25, -0.2) is 0 Å². The minimum atomic E-state index is -1.79. The average molecular weight is 1160 g/mol. The number of unbranched alkanes of at least 4 members (excludes halogenated alkanes) is 44. The van der Waals surface area contributed by atoms with Crippen LogP contribution in [0.5, 0.6) is 0 Å². The second-order valence-corrected chi connectivity index (χ2v) is 24.7.